The zero-order valence-corrected chi connectivity index (χ0v) is 13.5. The van der Waals surface area contributed by atoms with Gasteiger partial charge in [0.05, 0.1) is 18.8 Å². The third-order valence-corrected chi connectivity index (χ3v) is 3.21. The summed E-state index contributed by atoms with van der Waals surface area (Å²) >= 11 is 14.1. The molecule has 3 rings (SSSR count). The first-order valence-corrected chi connectivity index (χ1v) is 7.10. The molecule has 0 bridgehead atoms. The summed E-state index contributed by atoms with van der Waals surface area (Å²) in [6.45, 7) is 0.0866. The summed E-state index contributed by atoms with van der Waals surface area (Å²) in [6.07, 6.45) is 3.08. The molecule has 0 atom stereocenters. The minimum atomic E-state index is -0.000864. The highest BCUT2D eigenvalue weighted by atomic mass is 79.9. The van der Waals surface area contributed by atoms with Crippen LogP contribution in [0.4, 0.5) is 5.82 Å². The molecule has 2 aromatic rings. The van der Waals surface area contributed by atoms with Crippen LogP contribution >= 0.6 is 39.1 Å². The quantitative estimate of drug-likeness (QED) is 0.731. The van der Waals surface area contributed by atoms with Crippen molar-refractivity contribution in [3.63, 3.8) is 0 Å². The van der Waals surface area contributed by atoms with Crippen molar-refractivity contribution in [1.29, 1.82) is 0 Å². The molecule has 0 fully saturated rings. The monoisotopic (exact) mass is 391 g/mol. The fraction of sp³-hybridized carbons (Fsp3) is 0.182. The number of fused-ring (bicyclic) bond motifs is 1. The van der Waals surface area contributed by atoms with Gasteiger partial charge in [0, 0.05) is 0 Å². The van der Waals surface area contributed by atoms with Gasteiger partial charge in [-0.1, -0.05) is 23.2 Å². The van der Waals surface area contributed by atoms with Gasteiger partial charge in [0.1, 0.15) is 27.2 Å². The van der Waals surface area contributed by atoms with Crippen molar-refractivity contribution in [2.24, 2.45) is 0 Å². The molecule has 0 saturated heterocycles. The van der Waals surface area contributed by atoms with E-state index in [0.29, 0.717) is 27.1 Å². The van der Waals surface area contributed by atoms with Crippen LogP contribution in [-0.4, -0.2) is 32.3 Å². The summed E-state index contributed by atoms with van der Waals surface area (Å²) in [5.41, 5.74) is 5.84. The van der Waals surface area contributed by atoms with Gasteiger partial charge < -0.3 is 10.5 Å². The van der Waals surface area contributed by atoms with Gasteiger partial charge in [0.15, 0.2) is 11.6 Å². The van der Waals surface area contributed by atoms with Gasteiger partial charge in [0.25, 0.3) is 0 Å². The fourth-order valence-electron chi connectivity index (χ4n) is 1.38. The van der Waals surface area contributed by atoms with Gasteiger partial charge in [-0.25, -0.2) is 19.9 Å². The lowest BCUT2D eigenvalue weighted by Crippen LogP contribution is -2.22. The van der Waals surface area contributed by atoms with E-state index < -0.39 is 0 Å². The lowest BCUT2D eigenvalue weighted by atomic mass is 10.2. The summed E-state index contributed by atoms with van der Waals surface area (Å²) in [6, 6.07) is 0. The molecule has 110 valence electrons. The molecule has 0 radical (unpaired) electrons. The first-order chi connectivity index (χ1) is 9.95. The molecule has 2 aromatic heterocycles. The number of ether oxygens (including phenoxy) is 1. The Balaban J connectivity index is 0.000000161. The number of halogens is 3. The van der Waals surface area contributed by atoms with Crippen molar-refractivity contribution in [1.82, 2.24) is 19.9 Å². The van der Waals surface area contributed by atoms with E-state index in [0.717, 1.165) is 0 Å². The second kappa shape index (κ2) is 6.97. The molecule has 0 unspecified atom stereocenters. The van der Waals surface area contributed by atoms with Crippen molar-refractivity contribution >= 4 is 50.7 Å². The van der Waals surface area contributed by atoms with E-state index in [1.807, 2.05) is 0 Å². The van der Waals surface area contributed by atoms with Gasteiger partial charge in [-0.05, 0) is 15.9 Å². The van der Waals surface area contributed by atoms with Crippen LogP contribution < -0.4 is 10.5 Å². The summed E-state index contributed by atoms with van der Waals surface area (Å²) in [4.78, 5) is 26.2. The normalized spacial score (nSPS) is 12.8. The highest BCUT2D eigenvalue weighted by Gasteiger charge is 2.19. The van der Waals surface area contributed by atoms with Crippen molar-refractivity contribution in [2.45, 2.75) is 6.42 Å². The van der Waals surface area contributed by atoms with E-state index in [9.17, 15) is 4.79 Å². The van der Waals surface area contributed by atoms with Gasteiger partial charge in [-0.2, -0.15) is 0 Å². The molecule has 2 N–H and O–H groups in total. The largest absolute Gasteiger partial charge is 0.468 e. The Bertz CT molecular complexity index is 686. The van der Waals surface area contributed by atoms with Crippen molar-refractivity contribution in [2.75, 3.05) is 12.3 Å². The first kappa shape index (κ1) is 15.9. The minimum absolute atomic E-state index is 0.000864. The average Bonchev–Trinajstić information content (AvgIpc) is 2.43. The Morgan fingerprint density at radius 3 is 2.52 bits per heavy atom. The first-order valence-electron chi connectivity index (χ1n) is 5.55. The second-order valence-corrected chi connectivity index (χ2v) is 5.34. The third-order valence-electron chi connectivity index (χ3n) is 2.23. The Morgan fingerprint density at radius 2 is 1.86 bits per heavy atom. The number of nitrogen functional groups attached to an aromatic ring is 1. The average molecular weight is 393 g/mol. The molecule has 1 aliphatic heterocycles. The van der Waals surface area contributed by atoms with E-state index in [1.54, 1.807) is 0 Å². The number of nitrogens with two attached hydrogens (primary N) is 1. The summed E-state index contributed by atoms with van der Waals surface area (Å²) in [7, 11) is 0. The Kier molecular flexibility index (Phi) is 5.27. The van der Waals surface area contributed by atoms with Gasteiger partial charge in [-0.15, -0.1) is 0 Å². The predicted octanol–water partition coefficient (Wildman–Crippen LogP) is 2.11. The number of anilines is 1. The lowest BCUT2D eigenvalue weighted by Gasteiger charge is -2.13. The molecule has 0 amide bonds. The molecule has 0 spiro atoms. The van der Waals surface area contributed by atoms with E-state index in [2.05, 4.69) is 35.9 Å². The number of Topliss-reactive ketones (excluding diaryl/α,β-unsaturated/α-hetero) is 1. The lowest BCUT2D eigenvalue weighted by molar-refractivity contribution is -0.121. The number of nitrogens with zero attached hydrogens (tertiary/aromatic N) is 4. The molecule has 10 heteroatoms. The third kappa shape index (κ3) is 4.48. The molecule has 21 heavy (non-hydrogen) atoms. The summed E-state index contributed by atoms with van der Waals surface area (Å²) in [5.74, 6) is 0.723. The van der Waals surface area contributed by atoms with Crippen LogP contribution in [0.3, 0.4) is 0 Å². The Hall–Kier alpha value is -1.51. The van der Waals surface area contributed by atoms with Crippen LogP contribution in [0.5, 0.6) is 5.88 Å². The number of carbonyl (C=O) groups excluding carboxylic acids is 1. The molecular formula is C11H8BrCl2N5O2. The van der Waals surface area contributed by atoms with Gasteiger partial charge in [0.2, 0.25) is 5.88 Å². The standard InChI is InChI=1S/C7H5ClN2O2.C4H3BrClN3/c8-6-2-9-7-5(10-6)1-4(11)3-12-7;5-3-4(7)9-2(6)1-8-3/h2H,1,3H2;1H,(H2,7,9). The van der Waals surface area contributed by atoms with Crippen LogP contribution in [0.15, 0.2) is 17.0 Å². The Labute approximate surface area is 138 Å². The second-order valence-electron chi connectivity index (χ2n) is 3.82. The number of rotatable bonds is 0. The van der Waals surface area contributed by atoms with E-state index in [-0.39, 0.29) is 24.0 Å². The smallest absolute Gasteiger partial charge is 0.236 e. The van der Waals surface area contributed by atoms with Crippen LogP contribution in [0.2, 0.25) is 10.3 Å². The van der Waals surface area contributed by atoms with Crippen molar-refractivity contribution in [3.8, 4) is 5.88 Å². The molecule has 7 nitrogen and oxygen atoms in total. The molecule has 0 aromatic carbocycles. The highest BCUT2D eigenvalue weighted by Crippen LogP contribution is 2.19. The molecular weight excluding hydrogens is 385 g/mol. The minimum Gasteiger partial charge on any atom is -0.468 e. The SMILES string of the molecule is Nc1nc(Cl)cnc1Br.O=C1COc2ncc(Cl)nc2C1. The number of hydrogen-bond donors (Lipinski definition) is 1. The van der Waals surface area contributed by atoms with Crippen molar-refractivity contribution < 1.29 is 9.53 Å². The molecule has 0 aliphatic carbocycles. The van der Waals surface area contributed by atoms with Gasteiger partial charge in [-0.3, -0.25) is 4.79 Å². The molecule has 1 aliphatic rings. The van der Waals surface area contributed by atoms with Crippen molar-refractivity contribution in [3.05, 3.63) is 33.0 Å². The number of carbonyl (C=O) groups is 1. The molecule has 0 saturated carbocycles. The molecule has 3 heterocycles. The highest BCUT2D eigenvalue weighted by molar-refractivity contribution is 9.10. The van der Waals surface area contributed by atoms with Crippen LogP contribution in [0.25, 0.3) is 0 Å². The van der Waals surface area contributed by atoms with Crippen LogP contribution in [-0.2, 0) is 11.2 Å². The maximum absolute atomic E-state index is 10.9. The predicted molar refractivity (Wildman–Crippen MR) is 80.4 cm³/mol. The zero-order chi connectivity index (χ0) is 15.4. The maximum Gasteiger partial charge on any atom is 0.236 e. The van der Waals surface area contributed by atoms with Crippen LogP contribution in [0.1, 0.15) is 5.69 Å². The van der Waals surface area contributed by atoms with E-state index in [4.69, 9.17) is 33.7 Å². The summed E-state index contributed by atoms with van der Waals surface area (Å²) < 4.78 is 5.53. The zero-order valence-electron chi connectivity index (χ0n) is 10.4. The topological polar surface area (TPSA) is 104 Å². The van der Waals surface area contributed by atoms with E-state index >= 15 is 0 Å². The fourth-order valence-corrected chi connectivity index (χ4v) is 1.86. The number of aromatic nitrogens is 4. The summed E-state index contributed by atoms with van der Waals surface area (Å²) in [5, 5.41) is 0.586. The number of hydrogen-bond acceptors (Lipinski definition) is 7. The Morgan fingerprint density at radius 1 is 1.19 bits per heavy atom. The maximum atomic E-state index is 10.9. The number of ketones is 1. The van der Waals surface area contributed by atoms with Crippen LogP contribution in [0, 0.1) is 0 Å². The van der Waals surface area contributed by atoms with E-state index in [1.165, 1.54) is 12.4 Å². The van der Waals surface area contributed by atoms with Gasteiger partial charge >= 0.3 is 0 Å².